The van der Waals surface area contributed by atoms with Gasteiger partial charge in [0.2, 0.25) is 0 Å². The van der Waals surface area contributed by atoms with Crippen LogP contribution >= 0.6 is 23.5 Å². The van der Waals surface area contributed by atoms with E-state index in [1.807, 2.05) is 63.8 Å². The number of ketones is 1. The van der Waals surface area contributed by atoms with E-state index >= 15 is 0 Å². The highest BCUT2D eigenvalue weighted by atomic mass is 32.2. The van der Waals surface area contributed by atoms with Crippen LogP contribution < -0.4 is 0 Å². The molecule has 0 spiro atoms. The van der Waals surface area contributed by atoms with E-state index in [4.69, 9.17) is 0 Å². The van der Waals surface area contributed by atoms with Gasteiger partial charge in [0.05, 0.1) is 10.5 Å². The Bertz CT molecular complexity index is 1020. The van der Waals surface area contributed by atoms with Gasteiger partial charge in [-0.15, -0.1) is 0 Å². The smallest absolute Gasteiger partial charge is 0.195 e. The summed E-state index contributed by atoms with van der Waals surface area (Å²) in [4.78, 5) is 14.1. The third-order valence-electron chi connectivity index (χ3n) is 4.85. The Labute approximate surface area is 187 Å². The first-order valence-electron chi connectivity index (χ1n) is 9.64. The first-order valence-corrected chi connectivity index (χ1v) is 11.3. The van der Waals surface area contributed by atoms with Crippen molar-refractivity contribution in [2.45, 2.75) is 75.8 Å². The van der Waals surface area contributed by atoms with Crippen LogP contribution in [0.3, 0.4) is 0 Å². The molecule has 0 saturated carbocycles. The Balaban J connectivity index is 2.79. The second-order valence-corrected chi connectivity index (χ2v) is 10.7. The molecule has 0 aliphatic heterocycles. The van der Waals surface area contributed by atoms with Gasteiger partial charge in [0.15, 0.2) is 5.78 Å². The highest BCUT2D eigenvalue weighted by molar-refractivity contribution is 8.06. The van der Waals surface area contributed by atoms with Crippen LogP contribution in [-0.2, 0) is 17.4 Å². The topological polar surface area (TPSA) is 89.8 Å². The van der Waals surface area contributed by atoms with Crippen LogP contribution in [0.4, 0.5) is 0 Å². The van der Waals surface area contributed by atoms with E-state index in [-0.39, 0.29) is 22.4 Å². The van der Waals surface area contributed by atoms with Gasteiger partial charge in [-0.1, -0.05) is 41.5 Å². The molecule has 1 heterocycles. The van der Waals surface area contributed by atoms with Crippen LogP contribution in [-0.4, -0.2) is 15.5 Å². The van der Waals surface area contributed by atoms with Gasteiger partial charge in [-0.2, -0.15) is 10.5 Å². The van der Waals surface area contributed by atoms with Crippen LogP contribution in [0.15, 0.2) is 28.3 Å². The summed E-state index contributed by atoms with van der Waals surface area (Å²) in [5.74, 6) is -0.0132. The third kappa shape index (κ3) is 4.69. The Hall–Kier alpha value is -2.35. The quantitative estimate of drug-likeness (QED) is 0.338. The first kappa shape index (κ1) is 23.9. The highest BCUT2D eigenvalue weighted by Gasteiger charge is 2.30. The number of carbonyl (C=O) groups excluding carboxylic acids is 1. The molecule has 0 atom stereocenters. The third-order valence-corrected chi connectivity index (χ3v) is 6.41. The van der Waals surface area contributed by atoms with Crippen molar-refractivity contribution in [3.8, 4) is 16.6 Å². The zero-order chi connectivity index (χ0) is 22.9. The van der Waals surface area contributed by atoms with Crippen molar-refractivity contribution >= 4 is 29.3 Å². The summed E-state index contributed by atoms with van der Waals surface area (Å²) in [7, 11) is 0. The molecule has 0 amide bonds. The number of phenolic OH excluding ortho intramolecular Hbond substituents is 1. The maximum Gasteiger partial charge on any atom is 0.195 e. The molecule has 2 rings (SSSR count). The lowest BCUT2D eigenvalue weighted by atomic mass is 9.78. The maximum atomic E-state index is 13.6. The number of rotatable bonds is 5. The van der Waals surface area contributed by atoms with E-state index < -0.39 is 0 Å². The number of aryl methyl sites for hydroxylation is 1. The van der Waals surface area contributed by atoms with Crippen molar-refractivity contribution in [2.75, 3.05) is 0 Å². The molecular formula is C23H27N3O2S2. The van der Waals surface area contributed by atoms with Crippen LogP contribution in [0.25, 0.3) is 0 Å². The van der Waals surface area contributed by atoms with Crippen molar-refractivity contribution in [3.63, 3.8) is 0 Å². The fraction of sp³-hybridized carbons (Fsp3) is 0.435. The molecule has 0 fully saturated rings. The first-order chi connectivity index (χ1) is 13.9. The summed E-state index contributed by atoms with van der Waals surface area (Å²) in [5.41, 5.74) is 1.54. The number of benzene rings is 1. The lowest BCUT2D eigenvalue weighted by molar-refractivity contribution is 0.103. The molecule has 2 aromatic rings. The number of hydrogen-bond donors (Lipinski definition) is 1. The summed E-state index contributed by atoms with van der Waals surface area (Å²) in [5, 5.41) is 34.1. The molecule has 30 heavy (non-hydrogen) atoms. The molecule has 0 unspecified atom stereocenters. The molecule has 1 aromatic carbocycles. The molecule has 0 aliphatic rings. The lowest BCUT2D eigenvalue weighted by Crippen LogP contribution is -2.19. The van der Waals surface area contributed by atoms with E-state index in [0.29, 0.717) is 38.7 Å². The van der Waals surface area contributed by atoms with E-state index in [2.05, 4.69) is 0 Å². The Morgan fingerprint density at radius 2 is 1.53 bits per heavy atom. The maximum absolute atomic E-state index is 13.6. The van der Waals surface area contributed by atoms with E-state index in [9.17, 15) is 20.4 Å². The SMILES string of the molecule is CCn1cc(C(=O)c2cc(C(C)(C)C)c(O)c(C(C)(C)C)c2)c(SC#N)c1SC#N. The normalized spacial score (nSPS) is 11.8. The summed E-state index contributed by atoms with van der Waals surface area (Å²) >= 11 is 1.84. The van der Waals surface area contributed by atoms with Gasteiger partial charge in [-0.05, 0) is 41.6 Å². The summed E-state index contributed by atoms with van der Waals surface area (Å²) in [6.07, 6.45) is 1.71. The molecule has 0 bridgehead atoms. The Morgan fingerprint density at radius 3 is 1.93 bits per heavy atom. The minimum atomic E-state index is -0.359. The molecule has 5 nitrogen and oxygen atoms in total. The van der Waals surface area contributed by atoms with Crippen molar-refractivity contribution in [2.24, 2.45) is 0 Å². The second-order valence-electron chi connectivity index (χ2n) is 9.10. The molecule has 7 heteroatoms. The predicted molar refractivity (Wildman–Crippen MR) is 122 cm³/mol. The average molecular weight is 442 g/mol. The molecule has 0 saturated heterocycles. The zero-order valence-electron chi connectivity index (χ0n) is 18.5. The second kappa shape index (κ2) is 8.79. The van der Waals surface area contributed by atoms with Crippen molar-refractivity contribution in [1.82, 2.24) is 4.57 Å². The number of nitriles is 2. The number of aromatic hydroxyl groups is 1. The number of thiocyanates is 2. The molecular weight excluding hydrogens is 414 g/mol. The van der Waals surface area contributed by atoms with Gasteiger partial charge in [0.1, 0.15) is 21.6 Å². The van der Waals surface area contributed by atoms with Gasteiger partial charge in [-0.25, -0.2) is 0 Å². The standard InChI is InChI=1S/C23H27N3O2S2/c1-8-26-11-15(20(29-12-24)21(26)30-13-25)18(27)14-9-16(22(2,3)4)19(28)17(10-14)23(5,6)7/h9-11,28H,8H2,1-7H3. The minimum Gasteiger partial charge on any atom is -0.507 e. The molecule has 1 N–H and O–H groups in total. The Kier molecular flexibility index (Phi) is 7.01. The number of thioether (sulfide) groups is 2. The van der Waals surface area contributed by atoms with Crippen LogP contribution in [0.1, 0.15) is 75.5 Å². The van der Waals surface area contributed by atoms with Gasteiger partial charge in [-0.3, -0.25) is 4.79 Å². The molecule has 0 aliphatic carbocycles. The lowest BCUT2D eigenvalue weighted by Gasteiger charge is -2.28. The summed E-state index contributed by atoms with van der Waals surface area (Å²) < 4.78 is 1.82. The van der Waals surface area contributed by atoms with Crippen molar-refractivity contribution in [1.29, 1.82) is 10.5 Å². The number of phenols is 1. The van der Waals surface area contributed by atoms with Gasteiger partial charge >= 0.3 is 0 Å². The van der Waals surface area contributed by atoms with E-state index in [1.165, 1.54) is 0 Å². The fourth-order valence-electron chi connectivity index (χ4n) is 3.27. The zero-order valence-corrected chi connectivity index (χ0v) is 20.1. The van der Waals surface area contributed by atoms with Crippen LogP contribution in [0.5, 0.6) is 5.75 Å². The number of carbonyl (C=O) groups is 1. The predicted octanol–water partition coefficient (Wildman–Crippen LogP) is 6.19. The molecule has 158 valence electrons. The molecule has 0 radical (unpaired) electrons. The fourth-order valence-corrected chi connectivity index (χ4v) is 4.66. The molecule has 1 aromatic heterocycles. The van der Waals surface area contributed by atoms with Gasteiger partial charge < -0.3 is 9.67 Å². The largest absolute Gasteiger partial charge is 0.507 e. The van der Waals surface area contributed by atoms with Crippen molar-refractivity contribution < 1.29 is 9.90 Å². The summed E-state index contributed by atoms with van der Waals surface area (Å²) in [6.45, 7) is 14.5. The van der Waals surface area contributed by atoms with Crippen molar-refractivity contribution in [3.05, 3.63) is 40.6 Å². The number of hydrogen-bond acceptors (Lipinski definition) is 6. The van der Waals surface area contributed by atoms with Gasteiger partial charge in [0.25, 0.3) is 0 Å². The minimum absolute atomic E-state index is 0.213. The highest BCUT2D eigenvalue weighted by Crippen LogP contribution is 2.41. The number of nitrogens with zero attached hydrogens (tertiary/aromatic N) is 3. The van der Waals surface area contributed by atoms with E-state index in [0.717, 1.165) is 23.5 Å². The van der Waals surface area contributed by atoms with Crippen LogP contribution in [0, 0.1) is 21.3 Å². The van der Waals surface area contributed by atoms with Crippen LogP contribution in [0.2, 0.25) is 0 Å². The van der Waals surface area contributed by atoms with E-state index in [1.54, 1.807) is 18.3 Å². The Morgan fingerprint density at radius 1 is 1.03 bits per heavy atom. The van der Waals surface area contributed by atoms with Gasteiger partial charge in [0, 0.05) is 41.2 Å². The average Bonchev–Trinajstić information content (AvgIpc) is 2.97. The number of aromatic nitrogens is 1. The monoisotopic (exact) mass is 441 g/mol. The summed E-state index contributed by atoms with van der Waals surface area (Å²) in [6, 6.07) is 3.49.